The predicted octanol–water partition coefficient (Wildman–Crippen LogP) is 4.34. The third-order valence-corrected chi connectivity index (χ3v) is 7.68. The molecule has 4 atom stereocenters. The van der Waals surface area contributed by atoms with E-state index in [0.717, 1.165) is 48.6 Å². The van der Waals surface area contributed by atoms with Gasteiger partial charge in [-0.2, -0.15) is 0 Å². The number of ether oxygens (including phenoxy) is 1. The smallest absolute Gasteiger partial charge is 0.243 e. The first kappa shape index (κ1) is 32.3. The van der Waals surface area contributed by atoms with Crippen LogP contribution in [-0.4, -0.2) is 58.8 Å². The van der Waals surface area contributed by atoms with Crippen LogP contribution in [-0.2, 0) is 30.3 Å². The standard InChI is InChI=1S/C32H48N4O5/c1-6-8-10-16-28(37)34-27(18-22-19-33-24-15-12-11-13-23(22)24)31(40)35-25(14-9-7-2)30(39)36-26(17-21(3)4)29(38)32(5)20-41-32/h11-13,15,19,21,25-27,33H,6-10,14,16-18,20H2,1-5H3,(H,34,37)(H,35,40)(H,36,39)/t25-,26-,27-,32+/m0/s1. The minimum Gasteiger partial charge on any atom is -0.361 e. The zero-order valence-corrected chi connectivity index (χ0v) is 25.3. The van der Waals surface area contributed by atoms with Crippen LogP contribution in [0.25, 0.3) is 10.9 Å². The highest BCUT2D eigenvalue weighted by Gasteiger charge is 2.50. The van der Waals surface area contributed by atoms with Gasteiger partial charge in [0.25, 0.3) is 0 Å². The van der Waals surface area contributed by atoms with Crippen molar-refractivity contribution in [2.75, 3.05) is 6.61 Å². The Kier molecular flexibility index (Phi) is 11.9. The van der Waals surface area contributed by atoms with E-state index in [9.17, 15) is 19.2 Å². The molecule has 2 heterocycles. The van der Waals surface area contributed by atoms with Gasteiger partial charge in [0.05, 0.1) is 12.6 Å². The summed E-state index contributed by atoms with van der Waals surface area (Å²) in [6.07, 6.45) is 7.62. The molecule has 1 aliphatic heterocycles. The maximum Gasteiger partial charge on any atom is 0.243 e. The van der Waals surface area contributed by atoms with E-state index < -0.39 is 35.5 Å². The van der Waals surface area contributed by atoms with Gasteiger partial charge >= 0.3 is 0 Å². The van der Waals surface area contributed by atoms with Crippen molar-refractivity contribution in [3.63, 3.8) is 0 Å². The highest BCUT2D eigenvalue weighted by Crippen LogP contribution is 2.29. The highest BCUT2D eigenvalue weighted by molar-refractivity contribution is 5.98. The van der Waals surface area contributed by atoms with Gasteiger partial charge in [0.2, 0.25) is 17.7 Å². The number of fused-ring (bicyclic) bond motifs is 1. The molecule has 0 bridgehead atoms. The lowest BCUT2D eigenvalue weighted by atomic mass is 9.93. The average molecular weight is 569 g/mol. The summed E-state index contributed by atoms with van der Waals surface area (Å²) in [4.78, 5) is 56.4. The van der Waals surface area contributed by atoms with Crippen LogP contribution in [0.15, 0.2) is 30.5 Å². The van der Waals surface area contributed by atoms with Crippen LogP contribution in [0.4, 0.5) is 0 Å². The monoisotopic (exact) mass is 568 g/mol. The van der Waals surface area contributed by atoms with E-state index in [2.05, 4.69) is 27.9 Å². The van der Waals surface area contributed by atoms with Crippen molar-refractivity contribution in [3.8, 4) is 0 Å². The molecule has 9 nitrogen and oxygen atoms in total. The van der Waals surface area contributed by atoms with E-state index in [4.69, 9.17) is 4.74 Å². The van der Waals surface area contributed by atoms with E-state index in [1.807, 2.05) is 51.2 Å². The fourth-order valence-corrected chi connectivity index (χ4v) is 5.08. The molecule has 0 saturated carbocycles. The number of hydrogen-bond acceptors (Lipinski definition) is 5. The van der Waals surface area contributed by atoms with Gasteiger partial charge < -0.3 is 25.7 Å². The molecule has 1 aliphatic rings. The molecule has 3 rings (SSSR count). The van der Waals surface area contributed by atoms with Crippen molar-refractivity contribution in [2.45, 2.75) is 116 Å². The molecule has 2 aromatic rings. The van der Waals surface area contributed by atoms with Crippen LogP contribution in [0.3, 0.4) is 0 Å². The van der Waals surface area contributed by atoms with E-state index >= 15 is 0 Å². The zero-order valence-electron chi connectivity index (χ0n) is 25.3. The molecule has 9 heteroatoms. The van der Waals surface area contributed by atoms with Gasteiger partial charge in [-0.25, -0.2) is 0 Å². The average Bonchev–Trinajstić information content (AvgIpc) is 3.57. The van der Waals surface area contributed by atoms with Crippen LogP contribution < -0.4 is 16.0 Å². The molecule has 1 aromatic heterocycles. The molecule has 1 saturated heterocycles. The second-order valence-electron chi connectivity index (χ2n) is 11.9. The lowest BCUT2D eigenvalue weighted by Crippen LogP contribution is -2.57. The molecule has 226 valence electrons. The van der Waals surface area contributed by atoms with Gasteiger partial charge in [-0.3, -0.25) is 19.2 Å². The number of aromatic nitrogens is 1. The summed E-state index contributed by atoms with van der Waals surface area (Å²) in [7, 11) is 0. The first-order valence-corrected chi connectivity index (χ1v) is 15.2. The second kappa shape index (κ2) is 15.1. The number of carbonyl (C=O) groups is 4. The molecule has 0 spiro atoms. The Labute approximate surface area is 243 Å². The van der Waals surface area contributed by atoms with Gasteiger partial charge in [0.15, 0.2) is 5.78 Å². The zero-order chi connectivity index (χ0) is 30.0. The lowest BCUT2D eigenvalue weighted by molar-refractivity contribution is -0.134. The number of nitrogens with one attached hydrogen (secondary N) is 4. The van der Waals surface area contributed by atoms with Crippen molar-refractivity contribution in [1.82, 2.24) is 20.9 Å². The lowest BCUT2D eigenvalue weighted by Gasteiger charge is -2.26. The third-order valence-electron chi connectivity index (χ3n) is 7.68. The first-order chi connectivity index (χ1) is 19.6. The van der Waals surface area contributed by atoms with E-state index in [-0.39, 0.29) is 24.0 Å². The molecule has 4 N–H and O–H groups in total. The molecular formula is C32H48N4O5. The fraction of sp³-hybridized carbons (Fsp3) is 0.625. The Morgan fingerprint density at radius 3 is 2.24 bits per heavy atom. The van der Waals surface area contributed by atoms with Crippen LogP contribution in [0.1, 0.15) is 91.5 Å². The largest absolute Gasteiger partial charge is 0.361 e. The van der Waals surface area contributed by atoms with Crippen LogP contribution in [0.2, 0.25) is 0 Å². The topological polar surface area (TPSA) is 133 Å². The van der Waals surface area contributed by atoms with Gasteiger partial charge in [0.1, 0.15) is 17.7 Å². The Hall–Kier alpha value is -3.20. The van der Waals surface area contributed by atoms with Gasteiger partial charge in [-0.05, 0) is 43.7 Å². The number of amides is 3. The number of benzene rings is 1. The molecule has 1 aromatic carbocycles. The number of epoxide rings is 1. The van der Waals surface area contributed by atoms with Crippen molar-refractivity contribution >= 4 is 34.4 Å². The summed E-state index contributed by atoms with van der Waals surface area (Å²) >= 11 is 0. The molecule has 3 amide bonds. The van der Waals surface area contributed by atoms with Crippen LogP contribution in [0, 0.1) is 5.92 Å². The summed E-state index contributed by atoms with van der Waals surface area (Å²) in [5, 5.41) is 9.74. The molecule has 1 fully saturated rings. The predicted molar refractivity (Wildman–Crippen MR) is 160 cm³/mol. The summed E-state index contributed by atoms with van der Waals surface area (Å²) in [6, 6.07) is 5.43. The molecule has 0 radical (unpaired) electrons. The number of ketones is 1. The van der Waals surface area contributed by atoms with Crippen LogP contribution >= 0.6 is 0 Å². The maximum atomic E-state index is 13.7. The Morgan fingerprint density at radius 1 is 0.927 bits per heavy atom. The maximum absolute atomic E-state index is 13.7. The fourth-order valence-electron chi connectivity index (χ4n) is 5.08. The van der Waals surface area contributed by atoms with Crippen molar-refractivity contribution < 1.29 is 23.9 Å². The normalized spacial score (nSPS) is 18.5. The van der Waals surface area contributed by atoms with Crippen LogP contribution in [0.5, 0.6) is 0 Å². The SMILES string of the molecule is CCCCCC(=O)N[C@@H](Cc1c[nH]c2ccccc12)C(=O)N[C@@H](CCCC)C(=O)N[C@@H](CC(C)C)C(=O)[C@@]1(C)CO1. The summed E-state index contributed by atoms with van der Waals surface area (Å²) in [5.41, 5.74) is 0.997. The quantitative estimate of drug-likeness (QED) is 0.157. The van der Waals surface area contributed by atoms with Gasteiger partial charge in [0, 0.05) is 29.9 Å². The number of Topliss-reactive ketones (excluding diaryl/α,β-unsaturated/α-hetero) is 1. The minimum absolute atomic E-state index is 0.142. The van der Waals surface area contributed by atoms with E-state index in [1.165, 1.54) is 0 Å². The Bertz CT molecular complexity index is 1190. The molecule has 41 heavy (non-hydrogen) atoms. The first-order valence-electron chi connectivity index (χ1n) is 15.2. The van der Waals surface area contributed by atoms with E-state index in [0.29, 0.717) is 25.9 Å². The van der Waals surface area contributed by atoms with Crippen molar-refractivity contribution in [2.24, 2.45) is 5.92 Å². The van der Waals surface area contributed by atoms with Crippen molar-refractivity contribution in [1.29, 1.82) is 0 Å². The Balaban J connectivity index is 1.78. The summed E-state index contributed by atoms with van der Waals surface area (Å²) < 4.78 is 5.36. The highest BCUT2D eigenvalue weighted by atomic mass is 16.6. The number of aromatic amines is 1. The number of H-pyrrole nitrogens is 1. The van der Waals surface area contributed by atoms with Crippen molar-refractivity contribution in [3.05, 3.63) is 36.0 Å². The van der Waals surface area contributed by atoms with E-state index in [1.54, 1.807) is 6.92 Å². The number of unbranched alkanes of at least 4 members (excludes halogenated alkanes) is 3. The van der Waals surface area contributed by atoms with Gasteiger partial charge in [-0.15, -0.1) is 0 Å². The third kappa shape index (κ3) is 9.42. The summed E-state index contributed by atoms with van der Waals surface area (Å²) in [6.45, 7) is 10.2. The number of rotatable bonds is 18. The summed E-state index contributed by atoms with van der Waals surface area (Å²) in [5.74, 6) is -0.960. The van der Waals surface area contributed by atoms with Gasteiger partial charge in [-0.1, -0.05) is 71.6 Å². The molecular weight excluding hydrogens is 520 g/mol. The second-order valence-corrected chi connectivity index (χ2v) is 11.9. The number of para-hydroxylation sites is 1. The molecule has 0 aliphatic carbocycles. The minimum atomic E-state index is -0.860. The Morgan fingerprint density at radius 2 is 1.59 bits per heavy atom. The molecule has 0 unspecified atom stereocenters. The number of hydrogen-bond donors (Lipinski definition) is 4. The number of carbonyl (C=O) groups excluding carboxylic acids is 4.